The Bertz CT molecular complexity index is 334. The van der Waals surface area contributed by atoms with Crippen LogP contribution in [0, 0.1) is 6.92 Å². The quantitative estimate of drug-likeness (QED) is 0.800. The summed E-state index contributed by atoms with van der Waals surface area (Å²) in [7, 11) is 0. The van der Waals surface area contributed by atoms with Crippen LogP contribution in [0.5, 0.6) is 5.75 Å². The van der Waals surface area contributed by atoms with Gasteiger partial charge in [-0.25, -0.2) is 0 Å². The molecular weight excluding hydrogens is 178 g/mol. The Balaban J connectivity index is 2.96. The molecule has 3 heteroatoms. The van der Waals surface area contributed by atoms with Crippen molar-refractivity contribution in [3.63, 3.8) is 0 Å². The molecule has 76 valence electrons. The van der Waals surface area contributed by atoms with E-state index in [0.717, 1.165) is 11.3 Å². The van der Waals surface area contributed by atoms with Crippen molar-refractivity contribution in [1.29, 1.82) is 0 Å². The lowest BCUT2D eigenvalue weighted by atomic mass is 10.2. The Morgan fingerprint density at radius 3 is 2.79 bits per heavy atom. The molecule has 0 radical (unpaired) electrons. The molecule has 3 nitrogen and oxygen atoms in total. The second-order valence-electron chi connectivity index (χ2n) is 3.11. The average Bonchev–Trinajstić information content (AvgIpc) is 2.09. The van der Waals surface area contributed by atoms with E-state index in [1.807, 2.05) is 32.0 Å². The number of anilines is 1. The monoisotopic (exact) mass is 193 g/mol. The zero-order valence-corrected chi connectivity index (χ0v) is 8.76. The van der Waals surface area contributed by atoms with Gasteiger partial charge in [0, 0.05) is 6.92 Å². The molecule has 0 aliphatic heterocycles. The first-order valence-electron chi connectivity index (χ1n) is 4.64. The maximum atomic E-state index is 10.9. The number of benzene rings is 1. The van der Waals surface area contributed by atoms with Gasteiger partial charge in [-0.3, -0.25) is 4.79 Å². The summed E-state index contributed by atoms with van der Waals surface area (Å²) < 4.78 is 5.38. The Morgan fingerprint density at radius 2 is 2.21 bits per heavy atom. The third-order valence-electron chi connectivity index (χ3n) is 1.75. The highest BCUT2D eigenvalue weighted by Gasteiger charge is 2.04. The van der Waals surface area contributed by atoms with Crippen LogP contribution in [0.2, 0.25) is 0 Å². The van der Waals surface area contributed by atoms with Crippen molar-refractivity contribution in [2.24, 2.45) is 0 Å². The Kier molecular flexibility index (Phi) is 3.51. The molecule has 0 bridgehead atoms. The van der Waals surface area contributed by atoms with Gasteiger partial charge in [0.15, 0.2) is 0 Å². The Labute approximate surface area is 84.1 Å². The second-order valence-corrected chi connectivity index (χ2v) is 3.11. The molecule has 14 heavy (non-hydrogen) atoms. The molecule has 0 aliphatic carbocycles. The molecule has 0 fully saturated rings. The van der Waals surface area contributed by atoms with E-state index in [2.05, 4.69) is 5.32 Å². The van der Waals surface area contributed by atoms with Gasteiger partial charge in [0.25, 0.3) is 0 Å². The molecule has 0 atom stereocenters. The van der Waals surface area contributed by atoms with E-state index in [1.54, 1.807) is 0 Å². The number of carbonyl (C=O) groups excluding carboxylic acids is 1. The van der Waals surface area contributed by atoms with Crippen LogP contribution < -0.4 is 10.1 Å². The maximum Gasteiger partial charge on any atom is 0.221 e. The first-order valence-corrected chi connectivity index (χ1v) is 4.64. The standard InChI is InChI=1S/C11H15NO2/c1-4-14-11-6-5-8(2)7-10(11)12-9(3)13/h5-7H,4H2,1-3H3,(H,12,13). The van der Waals surface area contributed by atoms with Crippen LogP contribution >= 0.6 is 0 Å². The van der Waals surface area contributed by atoms with Gasteiger partial charge in [-0.2, -0.15) is 0 Å². The Hall–Kier alpha value is -1.51. The van der Waals surface area contributed by atoms with E-state index in [1.165, 1.54) is 6.92 Å². The van der Waals surface area contributed by atoms with Gasteiger partial charge >= 0.3 is 0 Å². The topological polar surface area (TPSA) is 38.3 Å². The largest absolute Gasteiger partial charge is 0.492 e. The number of rotatable bonds is 3. The number of aryl methyl sites for hydroxylation is 1. The summed E-state index contributed by atoms with van der Waals surface area (Å²) in [5, 5.41) is 2.74. The summed E-state index contributed by atoms with van der Waals surface area (Å²) in [5.41, 5.74) is 1.83. The fourth-order valence-corrected chi connectivity index (χ4v) is 1.21. The molecule has 1 N–H and O–H groups in total. The van der Waals surface area contributed by atoms with Crippen LogP contribution in [0.4, 0.5) is 5.69 Å². The minimum Gasteiger partial charge on any atom is -0.492 e. The van der Waals surface area contributed by atoms with E-state index < -0.39 is 0 Å². The van der Waals surface area contributed by atoms with Crippen LogP contribution in [0.25, 0.3) is 0 Å². The van der Waals surface area contributed by atoms with E-state index >= 15 is 0 Å². The van der Waals surface area contributed by atoms with Crippen molar-refractivity contribution >= 4 is 11.6 Å². The van der Waals surface area contributed by atoms with E-state index in [9.17, 15) is 4.79 Å². The van der Waals surface area contributed by atoms with Crippen LogP contribution in [-0.4, -0.2) is 12.5 Å². The highest BCUT2D eigenvalue weighted by molar-refractivity contribution is 5.90. The summed E-state index contributed by atoms with van der Waals surface area (Å²) in [6.45, 7) is 5.96. The molecule has 0 aliphatic rings. The lowest BCUT2D eigenvalue weighted by molar-refractivity contribution is -0.114. The molecule has 0 heterocycles. The zero-order chi connectivity index (χ0) is 10.6. The van der Waals surface area contributed by atoms with Crippen molar-refractivity contribution in [3.05, 3.63) is 23.8 Å². The van der Waals surface area contributed by atoms with Gasteiger partial charge in [-0.15, -0.1) is 0 Å². The lowest BCUT2D eigenvalue weighted by Crippen LogP contribution is -2.08. The predicted octanol–water partition coefficient (Wildman–Crippen LogP) is 2.35. The van der Waals surface area contributed by atoms with Crippen LogP contribution in [-0.2, 0) is 4.79 Å². The van der Waals surface area contributed by atoms with Crippen LogP contribution in [0.3, 0.4) is 0 Å². The van der Waals surface area contributed by atoms with Crippen LogP contribution in [0.1, 0.15) is 19.4 Å². The second kappa shape index (κ2) is 4.65. The predicted molar refractivity (Wildman–Crippen MR) is 56.7 cm³/mol. The zero-order valence-electron chi connectivity index (χ0n) is 8.76. The van der Waals surface area contributed by atoms with Gasteiger partial charge in [0.2, 0.25) is 5.91 Å². The molecule has 1 aromatic carbocycles. The molecule has 0 aromatic heterocycles. The number of nitrogens with one attached hydrogen (secondary N) is 1. The van der Waals surface area contributed by atoms with E-state index in [4.69, 9.17) is 4.74 Å². The molecule has 0 spiro atoms. The molecule has 1 rings (SSSR count). The number of hydrogen-bond acceptors (Lipinski definition) is 2. The van der Waals surface area contributed by atoms with E-state index in [-0.39, 0.29) is 5.91 Å². The van der Waals surface area contributed by atoms with Gasteiger partial charge in [-0.1, -0.05) is 6.07 Å². The summed E-state index contributed by atoms with van der Waals surface area (Å²) in [4.78, 5) is 10.9. The fraction of sp³-hybridized carbons (Fsp3) is 0.364. The first-order chi connectivity index (χ1) is 6.63. The Morgan fingerprint density at radius 1 is 1.50 bits per heavy atom. The molecule has 1 aromatic rings. The van der Waals surface area contributed by atoms with E-state index in [0.29, 0.717) is 12.4 Å². The molecule has 0 saturated carbocycles. The third kappa shape index (κ3) is 2.76. The first kappa shape index (κ1) is 10.6. The van der Waals surface area contributed by atoms with Crippen molar-refractivity contribution in [3.8, 4) is 5.75 Å². The third-order valence-corrected chi connectivity index (χ3v) is 1.75. The number of ether oxygens (including phenoxy) is 1. The lowest BCUT2D eigenvalue weighted by Gasteiger charge is -2.10. The summed E-state index contributed by atoms with van der Waals surface area (Å²) in [6, 6.07) is 5.72. The number of hydrogen-bond donors (Lipinski definition) is 1. The van der Waals surface area contributed by atoms with Crippen molar-refractivity contribution < 1.29 is 9.53 Å². The maximum absolute atomic E-state index is 10.9. The molecule has 1 amide bonds. The van der Waals surface area contributed by atoms with Gasteiger partial charge in [-0.05, 0) is 31.5 Å². The number of carbonyl (C=O) groups is 1. The van der Waals surface area contributed by atoms with Crippen molar-refractivity contribution in [1.82, 2.24) is 0 Å². The SMILES string of the molecule is CCOc1ccc(C)cc1NC(C)=O. The fourth-order valence-electron chi connectivity index (χ4n) is 1.21. The minimum absolute atomic E-state index is 0.0865. The van der Waals surface area contributed by atoms with Gasteiger partial charge in [0.05, 0.1) is 12.3 Å². The van der Waals surface area contributed by atoms with Crippen molar-refractivity contribution in [2.45, 2.75) is 20.8 Å². The smallest absolute Gasteiger partial charge is 0.221 e. The highest BCUT2D eigenvalue weighted by Crippen LogP contribution is 2.25. The van der Waals surface area contributed by atoms with Crippen molar-refractivity contribution in [2.75, 3.05) is 11.9 Å². The molecule has 0 unspecified atom stereocenters. The highest BCUT2D eigenvalue weighted by atomic mass is 16.5. The van der Waals surface area contributed by atoms with Gasteiger partial charge < -0.3 is 10.1 Å². The number of amides is 1. The average molecular weight is 193 g/mol. The normalized spacial score (nSPS) is 9.64. The summed E-state index contributed by atoms with van der Waals surface area (Å²) >= 11 is 0. The molecule has 0 saturated heterocycles. The summed E-state index contributed by atoms with van der Waals surface area (Å²) in [5.74, 6) is 0.629. The van der Waals surface area contributed by atoms with Gasteiger partial charge in [0.1, 0.15) is 5.75 Å². The molecular formula is C11H15NO2. The minimum atomic E-state index is -0.0865. The summed E-state index contributed by atoms with van der Waals surface area (Å²) in [6.07, 6.45) is 0. The van der Waals surface area contributed by atoms with Crippen LogP contribution in [0.15, 0.2) is 18.2 Å².